The van der Waals surface area contributed by atoms with Gasteiger partial charge in [-0.3, -0.25) is 9.69 Å². The molecule has 1 aromatic rings. The van der Waals surface area contributed by atoms with E-state index in [0.29, 0.717) is 17.9 Å². The van der Waals surface area contributed by atoms with Crippen molar-refractivity contribution in [2.45, 2.75) is 44.6 Å². The van der Waals surface area contributed by atoms with E-state index in [4.69, 9.17) is 0 Å². The monoisotopic (exact) mass is 367 g/mol. The Balaban J connectivity index is 1.56. The predicted molar refractivity (Wildman–Crippen MR) is 104 cm³/mol. The summed E-state index contributed by atoms with van der Waals surface area (Å²) in [5.74, 6) is 1.85. The van der Waals surface area contributed by atoms with Gasteiger partial charge < -0.3 is 9.80 Å². The fourth-order valence-electron chi connectivity index (χ4n) is 4.55. The van der Waals surface area contributed by atoms with Gasteiger partial charge in [0.05, 0.1) is 5.56 Å². The van der Waals surface area contributed by atoms with Gasteiger partial charge >= 0.3 is 0 Å². The largest absolute Gasteiger partial charge is 0.352 e. The Hall–Kier alpha value is -2.13. The number of aromatic nitrogens is 1. The number of pyridine rings is 1. The van der Waals surface area contributed by atoms with E-state index in [1.807, 2.05) is 19.1 Å². The highest BCUT2D eigenvalue weighted by Crippen LogP contribution is 2.36. The molecule has 1 amide bonds. The normalized spacial score (nSPS) is 26.9. The van der Waals surface area contributed by atoms with Gasteiger partial charge in [-0.15, -0.1) is 0 Å². The summed E-state index contributed by atoms with van der Waals surface area (Å²) in [6.07, 6.45) is 5.05. The number of anilines is 1. The number of nitrogens with zero attached hydrogens (tertiary/aromatic N) is 5. The number of likely N-dealkylation sites (tertiary alicyclic amines) is 1. The molecule has 6 nitrogen and oxygen atoms in total. The molecule has 1 spiro atoms. The second-order valence-electron chi connectivity index (χ2n) is 8.54. The van der Waals surface area contributed by atoms with Gasteiger partial charge in [0.25, 0.3) is 0 Å². The number of amides is 1. The summed E-state index contributed by atoms with van der Waals surface area (Å²) < 4.78 is 0. The summed E-state index contributed by atoms with van der Waals surface area (Å²) >= 11 is 0. The summed E-state index contributed by atoms with van der Waals surface area (Å²) in [5, 5.41) is 9.52. The maximum atomic E-state index is 12.6. The van der Waals surface area contributed by atoms with Crippen molar-refractivity contribution in [3.05, 3.63) is 23.4 Å². The van der Waals surface area contributed by atoms with E-state index < -0.39 is 0 Å². The summed E-state index contributed by atoms with van der Waals surface area (Å²) in [6.45, 7) is 6.39. The minimum atomic E-state index is -0.0234. The molecule has 0 bridgehead atoms. The molecule has 3 fully saturated rings. The highest BCUT2D eigenvalue weighted by atomic mass is 16.2. The molecule has 0 N–H and O–H groups in total. The van der Waals surface area contributed by atoms with Gasteiger partial charge in [0.15, 0.2) is 0 Å². The van der Waals surface area contributed by atoms with Crippen LogP contribution in [0.4, 0.5) is 5.82 Å². The van der Waals surface area contributed by atoms with Crippen molar-refractivity contribution >= 4 is 11.7 Å². The minimum absolute atomic E-state index is 0.0234. The number of nitriles is 1. The average molecular weight is 367 g/mol. The molecule has 3 aliphatic rings. The van der Waals surface area contributed by atoms with Crippen LogP contribution in [-0.2, 0) is 4.79 Å². The molecule has 1 aromatic heterocycles. The zero-order valence-corrected chi connectivity index (χ0v) is 16.4. The second kappa shape index (κ2) is 7.12. The number of piperazine rings is 1. The molecule has 0 aromatic carbocycles. The molecule has 27 heavy (non-hydrogen) atoms. The molecule has 1 atom stereocenters. The third kappa shape index (κ3) is 3.66. The molecular formula is C21H29N5O. The lowest BCUT2D eigenvalue weighted by Gasteiger charge is -2.49. The molecule has 0 unspecified atom stereocenters. The molecule has 4 rings (SSSR count). The van der Waals surface area contributed by atoms with E-state index in [9.17, 15) is 10.1 Å². The Labute approximate surface area is 161 Å². The van der Waals surface area contributed by atoms with Crippen molar-refractivity contribution in [1.82, 2.24) is 14.8 Å². The highest BCUT2D eigenvalue weighted by Gasteiger charge is 2.43. The summed E-state index contributed by atoms with van der Waals surface area (Å²) in [6, 6.07) is 6.07. The quantitative estimate of drug-likeness (QED) is 0.819. The first kappa shape index (κ1) is 18.2. The molecule has 2 saturated heterocycles. The molecule has 2 aliphatic heterocycles. The number of carbonyl (C=O) groups excluding carboxylic acids is 1. The molecule has 3 heterocycles. The number of likely N-dealkylation sites (N-methyl/N-ethyl adjacent to an activating group) is 1. The third-order valence-corrected chi connectivity index (χ3v) is 6.61. The molecular weight excluding hydrogens is 338 g/mol. The Morgan fingerprint density at radius 2 is 2.07 bits per heavy atom. The number of hydrogen-bond donors (Lipinski definition) is 0. The van der Waals surface area contributed by atoms with E-state index in [-0.39, 0.29) is 5.54 Å². The van der Waals surface area contributed by atoms with Crippen LogP contribution in [0.2, 0.25) is 0 Å². The van der Waals surface area contributed by atoms with E-state index in [1.54, 1.807) is 0 Å². The number of hydrogen-bond acceptors (Lipinski definition) is 5. The number of rotatable bonds is 3. The average Bonchev–Trinajstić information content (AvgIpc) is 3.50. The second-order valence-corrected chi connectivity index (χ2v) is 8.54. The van der Waals surface area contributed by atoms with Crippen LogP contribution in [-0.4, -0.2) is 66.0 Å². The van der Waals surface area contributed by atoms with Crippen molar-refractivity contribution in [1.29, 1.82) is 5.26 Å². The SMILES string of the molecule is Cc1ccc(C#N)c(N2CCN(C)[C@@]3(CCC(=O)N(CC4CC4)CC3)C2)n1. The fourth-order valence-corrected chi connectivity index (χ4v) is 4.55. The Morgan fingerprint density at radius 1 is 1.26 bits per heavy atom. The van der Waals surface area contributed by atoms with Crippen LogP contribution in [0.1, 0.15) is 43.4 Å². The van der Waals surface area contributed by atoms with Gasteiger partial charge in [-0.25, -0.2) is 4.98 Å². The topological polar surface area (TPSA) is 63.5 Å². The maximum Gasteiger partial charge on any atom is 0.222 e. The lowest BCUT2D eigenvalue weighted by molar-refractivity contribution is -0.130. The highest BCUT2D eigenvalue weighted by molar-refractivity contribution is 5.76. The summed E-state index contributed by atoms with van der Waals surface area (Å²) in [7, 11) is 2.19. The zero-order valence-electron chi connectivity index (χ0n) is 16.4. The first-order chi connectivity index (χ1) is 13.0. The van der Waals surface area contributed by atoms with Crippen molar-refractivity contribution in [2.24, 2.45) is 5.92 Å². The molecule has 0 radical (unpaired) electrons. The van der Waals surface area contributed by atoms with Crippen molar-refractivity contribution in [3.8, 4) is 6.07 Å². The van der Waals surface area contributed by atoms with Gasteiger partial charge in [-0.2, -0.15) is 5.26 Å². The third-order valence-electron chi connectivity index (χ3n) is 6.61. The van der Waals surface area contributed by atoms with E-state index in [2.05, 4.69) is 32.8 Å². The molecule has 1 saturated carbocycles. The van der Waals surface area contributed by atoms with Crippen LogP contribution in [0.25, 0.3) is 0 Å². The lowest BCUT2D eigenvalue weighted by atomic mass is 9.86. The number of carbonyl (C=O) groups is 1. The van der Waals surface area contributed by atoms with Crippen LogP contribution in [0, 0.1) is 24.2 Å². The van der Waals surface area contributed by atoms with Crippen LogP contribution in [0.5, 0.6) is 0 Å². The Bertz CT molecular complexity index is 768. The van der Waals surface area contributed by atoms with Gasteiger partial charge in [0.1, 0.15) is 11.9 Å². The van der Waals surface area contributed by atoms with Crippen LogP contribution < -0.4 is 4.90 Å². The maximum absolute atomic E-state index is 12.6. The standard InChI is InChI=1S/C21H29N5O/c1-16-3-6-18(13-22)20(23-16)26-12-11-24(2)21(15-26)8-7-19(27)25(10-9-21)14-17-4-5-17/h3,6,17H,4-5,7-12,14-15H2,1-2H3/t21-/m1/s1. The molecule has 6 heteroatoms. The predicted octanol–water partition coefficient (Wildman–Crippen LogP) is 2.17. The Kier molecular flexibility index (Phi) is 4.81. The van der Waals surface area contributed by atoms with Gasteiger partial charge in [0, 0.05) is 50.4 Å². The first-order valence-electron chi connectivity index (χ1n) is 10.1. The van der Waals surface area contributed by atoms with Gasteiger partial charge in [-0.1, -0.05) is 0 Å². The minimum Gasteiger partial charge on any atom is -0.352 e. The van der Waals surface area contributed by atoms with E-state index >= 15 is 0 Å². The summed E-state index contributed by atoms with van der Waals surface area (Å²) in [5.41, 5.74) is 1.55. The van der Waals surface area contributed by atoms with Gasteiger partial charge in [0.2, 0.25) is 5.91 Å². The zero-order chi connectivity index (χ0) is 19.0. The smallest absolute Gasteiger partial charge is 0.222 e. The van der Waals surface area contributed by atoms with Gasteiger partial charge in [-0.05, 0) is 57.7 Å². The first-order valence-corrected chi connectivity index (χ1v) is 10.1. The summed E-state index contributed by atoms with van der Waals surface area (Å²) in [4.78, 5) is 24.1. The van der Waals surface area contributed by atoms with Crippen molar-refractivity contribution < 1.29 is 4.79 Å². The Morgan fingerprint density at radius 3 is 2.81 bits per heavy atom. The van der Waals surface area contributed by atoms with Crippen LogP contribution in [0.3, 0.4) is 0 Å². The lowest BCUT2D eigenvalue weighted by Crippen LogP contribution is -2.61. The van der Waals surface area contributed by atoms with E-state index in [1.165, 1.54) is 12.8 Å². The van der Waals surface area contributed by atoms with Crippen molar-refractivity contribution in [3.63, 3.8) is 0 Å². The number of aryl methyl sites for hydroxylation is 1. The van der Waals surface area contributed by atoms with E-state index in [0.717, 1.165) is 63.0 Å². The molecule has 144 valence electrons. The fraction of sp³-hybridized carbons (Fsp3) is 0.667. The molecule has 1 aliphatic carbocycles. The van der Waals surface area contributed by atoms with Crippen LogP contribution in [0.15, 0.2) is 12.1 Å². The van der Waals surface area contributed by atoms with Crippen LogP contribution >= 0.6 is 0 Å². The van der Waals surface area contributed by atoms with Crippen molar-refractivity contribution in [2.75, 3.05) is 44.7 Å².